The molecule has 1 aromatic carbocycles. The lowest BCUT2D eigenvalue weighted by Crippen LogP contribution is -2.36. The Labute approximate surface area is 122 Å². The zero-order valence-corrected chi connectivity index (χ0v) is 13.0. The molecule has 1 aliphatic carbocycles. The van der Waals surface area contributed by atoms with Crippen molar-refractivity contribution in [3.63, 3.8) is 0 Å². The van der Waals surface area contributed by atoms with Crippen molar-refractivity contribution in [2.45, 2.75) is 56.0 Å². The summed E-state index contributed by atoms with van der Waals surface area (Å²) in [7, 11) is -1.53. The minimum atomic E-state index is -3.40. The molecule has 0 spiro atoms. The SMILES string of the molecule is CNC(C)c1cccc(S(=O)(=O)NC2CCCCC2)c1. The highest BCUT2D eigenvalue weighted by Crippen LogP contribution is 2.21. The van der Waals surface area contributed by atoms with Crippen molar-refractivity contribution in [1.29, 1.82) is 0 Å². The molecule has 0 bridgehead atoms. The fraction of sp³-hybridized carbons (Fsp3) is 0.600. The molecular weight excluding hydrogens is 272 g/mol. The summed E-state index contributed by atoms with van der Waals surface area (Å²) in [5, 5.41) is 3.13. The Hall–Kier alpha value is -0.910. The van der Waals surface area contributed by atoms with Gasteiger partial charge >= 0.3 is 0 Å². The van der Waals surface area contributed by atoms with Gasteiger partial charge in [-0.1, -0.05) is 31.4 Å². The third-order valence-corrected chi connectivity index (χ3v) is 5.55. The summed E-state index contributed by atoms with van der Waals surface area (Å²) in [5.41, 5.74) is 0.985. The van der Waals surface area contributed by atoms with E-state index in [1.165, 1.54) is 6.42 Å². The molecule has 0 aromatic heterocycles. The van der Waals surface area contributed by atoms with Crippen molar-refractivity contribution in [2.24, 2.45) is 0 Å². The van der Waals surface area contributed by atoms with Gasteiger partial charge in [0.05, 0.1) is 4.90 Å². The van der Waals surface area contributed by atoms with E-state index in [4.69, 9.17) is 0 Å². The van der Waals surface area contributed by atoms with E-state index in [1.54, 1.807) is 18.2 Å². The van der Waals surface area contributed by atoms with Gasteiger partial charge in [-0.3, -0.25) is 0 Å². The molecule has 2 N–H and O–H groups in total. The molecule has 0 amide bonds. The van der Waals surface area contributed by atoms with E-state index < -0.39 is 10.0 Å². The number of benzene rings is 1. The second-order valence-corrected chi connectivity index (χ2v) is 7.25. The lowest BCUT2D eigenvalue weighted by Gasteiger charge is -2.23. The Morgan fingerprint density at radius 1 is 1.20 bits per heavy atom. The topological polar surface area (TPSA) is 58.2 Å². The smallest absolute Gasteiger partial charge is 0.240 e. The van der Waals surface area contributed by atoms with Gasteiger partial charge in [0.25, 0.3) is 0 Å². The maximum absolute atomic E-state index is 12.4. The van der Waals surface area contributed by atoms with Gasteiger partial charge in [0.2, 0.25) is 10.0 Å². The van der Waals surface area contributed by atoms with Crippen LogP contribution >= 0.6 is 0 Å². The first-order valence-electron chi connectivity index (χ1n) is 7.32. The Morgan fingerprint density at radius 2 is 1.90 bits per heavy atom. The Kier molecular flexibility index (Phi) is 5.18. The molecule has 1 saturated carbocycles. The van der Waals surface area contributed by atoms with Crippen molar-refractivity contribution < 1.29 is 8.42 Å². The van der Waals surface area contributed by atoms with Gasteiger partial charge in [0.15, 0.2) is 0 Å². The monoisotopic (exact) mass is 296 g/mol. The molecule has 0 radical (unpaired) electrons. The minimum Gasteiger partial charge on any atom is -0.313 e. The summed E-state index contributed by atoms with van der Waals surface area (Å²) in [6, 6.07) is 7.40. The third-order valence-electron chi connectivity index (χ3n) is 4.03. The molecule has 1 aromatic rings. The Morgan fingerprint density at radius 3 is 2.55 bits per heavy atom. The van der Waals surface area contributed by atoms with E-state index in [0.717, 1.165) is 31.2 Å². The zero-order chi connectivity index (χ0) is 14.6. The van der Waals surface area contributed by atoms with Crippen LogP contribution in [0.3, 0.4) is 0 Å². The van der Waals surface area contributed by atoms with Crippen LogP contribution in [0.2, 0.25) is 0 Å². The van der Waals surface area contributed by atoms with Crippen LogP contribution in [0.1, 0.15) is 50.6 Å². The van der Waals surface area contributed by atoms with Crippen molar-refractivity contribution in [3.05, 3.63) is 29.8 Å². The van der Waals surface area contributed by atoms with Crippen LogP contribution in [0.15, 0.2) is 29.2 Å². The first-order valence-corrected chi connectivity index (χ1v) is 8.81. The van der Waals surface area contributed by atoms with Gasteiger partial charge in [-0.05, 0) is 44.5 Å². The first kappa shape index (κ1) is 15.5. The second-order valence-electron chi connectivity index (χ2n) is 5.54. The van der Waals surface area contributed by atoms with Crippen LogP contribution in [-0.2, 0) is 10.0 Å². The molecule has 5 heteroatoms. The molecule has 0 heterocycles. The zero-order valence-electron chi connectivity index (χ0n) is 12.2. The molecule has 0 aliphatic heterocycles. The standard InChI is InChI=1S/C15H24N2O2S/c1-12(16-2)13-7-6-10-15(11-13)20(18,19)17-14-8-4-3-5-9-14/h6-7,10-12,14,16-17H,3-5,8-9H2,1-2H3. The molecule has 112 valence electrons. The normalized spacial score (nSPS) is 18.9. The predicted molar refractivity (Wildman–Crippen MR) is 81.1 cm³/mol. The highest BCUT2D eigenvalue weighted by molar-refractivity contribution is 7.89. The Balaban J connectivity index is 2.16. The molecule has 1 aliphatic rings. The van der Waals surface area contributed by atoms with Gasteiger partial charge in [-0.2, -0.15) is 0 Å². The highest BCUT2D eigenvalue weighted by atomic mass is 32.2. The fourth-order valence-electron chi connectivity index (χ4n) is 2.63. The fourth-order valence-corrected chi connectivity index (χ4v) is 3.99. The molecule has 2 rings (SSSR count). The summed E-state index contributed by atoms with van der Waals surface area (Å²) < 4.78 is 27.7. The lowest BCUT2D eigenvalue weighted by atomic mass is 9.96. The van der Waals surface area contributed by atoms with E-state index in [-0.39, 0.29) is 12.1 Å². The Bertz CT molecular complexity index is 537. The van der Waals surface area contributed by atoms with Crippen molar-refractivity contribution in [3.8, 4) is 0 Å². The number of nitrogens with one attached hydrogen (secondary N) is 2. The largest absolute Gasteiger partial charge is 0.313 e. The average Bonchev–Trinajstić information content (AvgIpc) is 2.47. The summed E-state index contributed by atoms with van der Waals surface area (Å²) >= 11 is 0. The van der Waals surface area contributed by atoms with E-state index in [1.807, 2.05) is 20.0 Å². The molecule has 4 nitrogen and oxygen atoms in total. The van der Waals surface area contributed by atoms with E-state index in [2.05, 4.69) is 10.0 Å². The van der Waals surface area contributed by atoms with E-state index >= 15 is 0 Å². The molecule has 1 atom stereocenters. The first-order chi connectivity index (χ1) is 9.53. The van der Waals surface area contributed by atoms with Crippen LogP contribution in [0, 0.1) is 0 Å². The van der Waals surface area contributed by atoms with Crippen molar-refractivity contribution in [2.75, 3.05) is 7.05 Å². The summed E-state index contributed by atoms with van der Waals surface area (Å²) in [5.74, 6) is 0. The minimum absolute atomic E-state index is 0.0964. The van der Waals surface area contributed by atoms with Crippen LogP contribution < -0.4 is 10.0 Å². The molecule has 1 unspecified atom stereocenters. The van der Waals surface area contributed by atoms with Gasteiger partial charge in [-0.25, -0.2) is 13.1 Å². The van der Waals surface area contributed by atoms with Gasteiger partial charge in [0.1, 0.15) is 0 Å². The summed E-state index contributed by atoms with van der Waals surface area (Å²) in [6.07, 6.45) is 5.35. The lowest BCUT2D eigenvalue weighted by molar-refractivity contribution is 0.412. The van der Waals surface area contributed by atoms with Crippen LogP contribution in [0.5, 0.6) is 0 Å². The molecular formula is C15H24N2O2S. The van der Waals surface area contributed by atoms with E-state index in [9.17, 15) is 8.42 Å². The number of sulfonamides is 1. The summed E-state index contributed by atoms with van der Waals surface area (Å²) in [6.45, 7) is 2.01. The van der Waals surface area contributed by atoms with E-state index in [0.29, 0.717) is 4.90 Å². The quantitative estimate of drug-likeness (QED) is 0.878. The average molecular weight is 296 g/mol. The summed E-state index contributed by atoms with van der Waals surface area (Å²) in [4.78, 5) is 0.364. The van der Waals surface area contributed by atoms with Gasteiger partial charge < -0.3 is 5.32 Å². The van der Waals surface area contributed by atoms with Crippen LogP contribution in [0.4, 0.5) is 0 Å². The molecule has 20 heavy (non-hydrogen) atoms. The van der Waals surface area contributed by atoms with Crippen molar-refractivity contribution >= 4 is 10.0 Å². The molecule has 1 fully saturated rings. The predicted octanol–water partition coefficient (Wildman–Crippen LogP) is 2.58. The molecule has 0 saturated heterocycles. The van der Waals surface area contributed by atoms with Crippen molar-refractivity contribution in [1.82, 2.24) is 10.0 Å². The highest BCUT2D eigenvalue weighted by Gasteiger charge is 2.22. The number of hydrogen-bond donors (Lipinski definition) is 2. The van der Waals surface area contributed by atoms with Crippen LogP contribution in [0.25, 0.3) is 0 Å². The third kappa shape index (κ3) is 3.81. The number of rotatable bonds is 5. The van der Waals surface area contributed by atoms with Crippen LogP contribution in [-0.4, -0.2) is 21.5 Å². The maximum Gasteiger partial charge on any atom is 0.240 e. The van der Waals surface area contributed by atoms with Gasteiger partial charge in [0, 0.05) is 12.1 Å². The van der Waals surface area contributed by atoms with Gasteiger partial charge in [-0.15, -0.1) is 0 Å². The number of hydrogen-bond acceptors (Lipinski definition) is 3. The second kappa shape index (κ2) is 6.70. The maximum atomic E-state index is 12.4.